The molecule has 0 aliphatic heterocycles. The Bertz CT molecular complexity index is 769. The number of amides is 2. The maximum absolute atomic E-state index is 11.8. The minimum atomic E-state index is -0.276. The van der Waals surface area contributed by atoms with E-state index >= 15 is 0 Å². The van der Waals surface area contributed by atoms with Crippen LogP contribution in [-0.2, 0) is 11.3 Å². The third kappa shape index (κ3) is 5.83. The second-order valence-electron chi connectivity index (χ2n) is 5.45. The van der Waals surface area contributed by atoms with Crippen molar-refractivity contribution in [1.29, 1.82) is 5.26 Å². The molecule has 0 fully saturated rings. The topological polar surface area (TPSA) is 83.4 Å². The van der Waals surface area contributed by atoms with Crippen LogP contribution in [-0.4, -0.2) is 26.3 Å². The lowest BCUT2D eigenvalue weighted by Gasteiger charge is -2.12. The minimum absolute atomic E-state index is 0.276. The zero-order valence-corrected chi connectivity index (χ0v) is 14.3. The first-order chi connectivity index (χ1) is 12.1. The second kappa shape index (κ2) is 9.30. The first kappa shape index (κ1) is 18.3. The van der Waals surface area contributed by atoms with Gasteiger partial charge in [-0.15, -0.1) is 0 Å². The van der Waals surface area contributed by atoms with Crippen LogP contribution in [0.2, 0.25) is 0 Å². The Morgan fingerprint density at radius 2 is 2.08 bits per heavy atom. The number of methoxy groups -OCH3 is 1. The Labute approximate surface area is 147 Å². The molecule has 0 heterocycles. The third-order valence-electron chi connectivity index (χ3n) is 3.50. The molecule has 0 aromatic heterocycles. The molecule has 0 bridgehead atoms. The quantitative estimate of drug-likeness (QED) is 0.759. The number of nitrogens with zero attached hydrogens (tertiary/aromatic N) is 1. The number of carbonyl (C=O) groups is 1. The van der Waals surface area contributed by atoms with Crippen molar-refractivity contribution in [2.24, 2.45) is 0 Å². The van der Waals surface area contributed by atoms with Crippen molar-refractivity contribution in [1.82, 2.24) is 5.32 Å². The van der Waals surface area contributed by atoms with Crippen LogP contribution in [0.1, 0.15) is 16.7 Å². The number of hydrogen-bond donors (Lipinski definition) is 2. The molecular weight excluding hydrogens is 318 g/mol. The second-order valence-corrected chi connectivity index (χ2v) is 5.45. The van der Waals surface area contributed by atoms with E-state index in [9.17, 15) is 4.79 Å². The number of urea groups is 1. The monoisotopic (exact) mass is 339 g/mol. The van der Waals surface area contributed by atoms with Crippen LogP contribution in [0, 0.1) is 18.3 Å². The normalized spacial score (nSPS) is 9.96. The summed E-state index contributed by atoms with van der Waals surface area (Å²) < 4.78 is 10.6. The number of aryl methyl sites for hydroxylation is 1. The van der Waals surface area contributed by atoms with Crippen molar-refractivity contribution in [2.75, 3.05) is 25.6 Å². The first-order valence-corrected chi connectivity index (χ1v) is 7.88. The van der Waals surface area contributed by atoms with E-state index in [2.05, 4.69) is 16.7 Å². The lowest BCUT2D eigenvalue weighted by molar-refractivity contribution is 0.198. The van der Waals surface area contributed by atoms with Crippen LogP contribution in [0.25, 0.3) is 0 Å². The molecule has 130 valence electrons. The fraction of sp³-hybridized carbons (Fsp3) is 0.263. The molecule has 2 N–H and O–H groups in total. The van der Waals surface area contributed by atoms with Crippen LogP contribution in [0.5, 0.6) is 5.75 Å². The molecule has 0 aliphatic rings. The van der Waals surface area contributed by atoms with Crippen LogP contribution in [0.3, 0.4) is 0 Å². The van der Waals surface area contributed by atoms with Gasteiger partial charge in [0.15, 0.2) is 0 Å². The van der Waals surface area contributed by atoms with Crippen molar-refractivity contribution < 1.29 is 14.3 Å². The number of carbonyl (C=O) groups excluding carboxylic acids is 1. The highest BCUT2D eigenvalue weighted by molar-refractivity contribution is 5.90. The summed E-state index contributed by atoms with van der Waals surface area (Å²) in [6, 6.07) is 14.6. The van der Waals surface area contributed by atoms with E-state index in [-0.39, 0.29) is 6.03 Å². The number of rotatable bonds is 7. The molecule has 6 heteroatoms. The zero-order chi connectivity index (χ0) is 18.1. The van der Waals surface area contributed by atoms with Crippen LogP contribution >= 0.6 is 0 Å². The molecule has 0 saturated heterocycles. The van der Waals surface area contributed by atoms with Gasteiger partial charge in [0.2, 0.25) is 0 Å². The molecule has 25 heavy (non-hydrogen) atoms. The van der Waals surface area contributed by atoms with Gasteiger partial charge in [-0.1, -0.05) is 12.1 Å². The van der Waals surface area contributed by atoms with Gasteiger partial charge in [-0.3, -0.25) is 0 Å². The Balaban J connectivity index is 1.92. The average molecular weight is 339 g/mol. The molecule has 0 aliphatic carbocycles. The zero-order valence-electron chi connectivity index (χ0n) is 14.3. The smallest absolute Gasteiger partial charge is 0.319 e. The average Bonchev–Trinajstić information content (AvgIpc) is 2.62. The molecule has 2 aromatic rings. The lowest BCUT2D eigenvalue weighted by atomic mass is 10.1. The molecule has 2 aromatic carbocycles. The van der Waals surface area contributed by atoms with Crippen molar-refractivity contribution in [3.63, 3.8) is 0 Å². The van der Waals surface area contributed by atoms with Crippen LogP contribution < -0.4 is 15.4 Å². The summed E-state index contributed by atoms with van der Waals surface area (Å²) in [4.78, 5) is 11.8. The van der Waals surface area contributed by atoms with Gasteiger partial charge in [0.25, 0.3) is 0 Å². The minimum Gasteiger partial charge on any atom is -0.489 e. The number of nitrogens with one attached hydrogen (secondary N) is 2. The first-order valence-electron chi connectivity index (χ1n) is 7.88. The predicted octanol–water partition coefficient (Wildman–Crippen LogP) is 3.21. The highest BCUT2D eigenvalue weighted by Crippen LogP contribution is 2.22. The molecule has 2 amide bonds. The summed E-state index contributed by atoms with van der Waals surface area (Å²) in [7, 11) is 1.58. The van der Waals surface area contributed by atoms with Crippen molar-refractivity contribution >= 4 is 11.7 Å². The molecule has 0 radical (unpaired) electrons. The summed E-state index contributed by atoms with van der Waals surface area (Å²) >= 11 is 0. The van der Waals surface area contributed by atoms with E-state index in [1.807, 2.05) is 25.1 Å². The van der Waals surface area contributed by atoms with Crippen molar-refractivity contribution in [2.45, 2.75) is 13.5 Å². The molecule has 0 spiro atoms. The lowest BCUT2D eigenvalue weighted by Crippen LogP contribution is -2.31. The number of benzene rings is 2. The van der Waals surface area contributed by atoms with E-state index in [1.165, 1.54) is 0 Å². The predicted molar refractivity (Wildman–Crippen MR) is 95.6 cm³/mol. The summed E-state index contributed by atoms with van der Waals surface area (Å²) in [6.45, 7) is 3.18. The molecule has 2 rings (SSSR count). The van der Waals surface area contributed by atoms with Gasteiger partial charge in [0.05, 0.1) is 18.2 Å². The number of ether oxygens (including phenoxy) is 2. The Hall–Kier alpha value is -3.04. The van der Waals surface area contributed by atoms with Gasteiger partial charge in [-0.2, -0.15) is 5.26 Å². The molecule has 0 unspecified atom stereocenters. The van der Waals surface area contributed by atoms with Crippen molar-refractivity contribution in [3.8, 4) is 11.8 Å². The van der Waals surface area contributed by atoms with E-state index < -0.39 is 0 Å². The van der Waals surface area contributed by atoms with Crippen LogP contribution in [0.15, 0.2) is 42.5 Å². The van der Waals surface area contributed by atoms with Gasteiger partial charge >= 0.3 is 6.03 Å². The van der Waals surface area contributed by atoms with E-state index in [4.69, 9.17) is 14.7 Å². The number of nitriles is 1. The Morgan fingerprint density at radius 1 is 1.24 bits per heavy atom. The molecule has 0 atom stereocenters. The Morgan fingerprint density at radius 3 is 2.80 bits per heavy atom. The molecule has 6 nitrogen and oxygen atoms in total. The fourth-order valence-electron chi connectivity index (χ4n) is 2.20. The summed E-state index contributed by atoms with van der Waals surface area (Å²) in [5.74, 6) is 0.699. The summed E-state index contributed by atoms with van der Waals surface area (Å²) in [5, 5.41) is 14.4. The van der Waals surface area contributed by atoms with Gasteiger partial charge in [-0.25, -0.2) is 4.79 Å². The molecule has 0 saturated carbocycles. The van der Waals surface area contributed by atoms with Gasteiger partial charge in [0.1, 0.15) is 12.4 Å². The van der Waals surface area contributed by atoms with Crippen LogP contribution in [0.4, 0.5) is 10.5 Å². The highest BCUT2D eigenvalue weighted by atomic mass is 16.5. The van der Waals surface area contributed by atoms with Gasteiger partial charge in [0, 0.05) is 19.3 Å². The summed E-state index contributed by atoms with van der Waals surface area (Å²) in [5.41, 5.74) is 3.15. The van der Waals surface area contributed by atoms with E-state index in [0.29, 0.717) is 36.8 Å². The number of hydrogen-bond acceptors (Lipinski definition) is 4. The van der Waals surface area contributed by atoms with Gasteiger partial charge in [-0.05, 0) is 48.4 Å². The largest absolute Gasteiger partial charge is 0.489 e. The summed E-state index contributed by atoms with van der Waals surface area (Å²) in [6.07, 6.45) is 0. The standard InChI is InChI=1S/C19H21N3O3/c1-14-10-17(25-13-16-5-3-4-15(11-16)12-20)6-7-18(14)22-19(23)21-8-9-24-2/h3-7,10-11H,8-9,13H2,1-2H3,(H2,21,22,23). The molecular formula is C19H21N3O3. The maximum atomic E-state index is 11.8. The highest BCUT2D eigenvalue weighted by Gasteiger charge is 2.06. The SMILES string of the molecule is COCCNC(=O)Nc1ccc(OCc2cccc(C#N)c2)cc1C. The van der Waals surface area contributed by atoms with E-state index in [0.717, 1.165) is 11.1 Å². The van der Waals surface area contributed by atoms with Crippen molar-refractivity contribution in [3.05, 3.63) is 59.2 Å². The van der Waals surface area contributed by atoms with E-state index in [1.54, 1.807) is 31.4 Å². The Kier molecular flexibility index (Phi) is 6.81. The fourth-order valence-corrected chi connectivity index (χ4v) is 2.20. The third-order valence-corrected chi connectivity index (χ3v) is 3.50. The number of anilines is 1. The maximum Gasteiger partial charge on any atom is 0.319 e. The van der Waals surface area contributed by atoms with Gasteiger partial charge < -0.3 is 20.1 Å².